The summed E-state index contributed by atoms with van der Waals surface area (Å²) < 4.78 is 17.6. The highest BCUT2D eigenvalue weighted by atomic mass is 19.1. The number of hydrogen-bond acceptors (Lipinski definition) is 3. The maximum atomic E-state index is 12.8. The van der Waals surface area contributed by atoms with Crippen molar-refractivity contribution in [2.45, 2.75) is 19.4 Å². The lowest BCUT2D eigenvalue weighted by Gasteiger charge is -2.31. The summed E-state index contributed by atoms with van der Waals surface area (Å²) in [5.74, 6) is -0.368. The summed E-state index contributed by atoms with van der Waals surface area (Å²) in [5, 5.41) is 0. The summed E-state index contributed by atoms with van der Waals surface area (Å²) in [6, 6.07) is 6.52. The van der Waals surface area contributed by atoms with Gasteiger partial charge in [-0.1, -0.05) is 12.1 Å². The Balaban J connectivity index is 1.93. The molecule has 1 atom stereocenters. The molecule has 0 aromatic heterocycles. The minimum atomic E-state index is -0.218. The number of methoxy groups -OCH3 is 1. The first-order chi connectivity index (χ1) is 8.69. The monoisotopic (exact) mass is 251 g/mol. The number of ether oxygens (including phenoxy) is 1. The van der Waals surface area contributed by atoms with Gasteiger partial charge >= 0.3 is 5.97 Å². The minimum Gasteiger partial charge on any atom is -0.469 e. The van der Waals surface area contributed by atoms with Gasteiger partial charge in [0.15, 0.2) is 0 Å². The highest BCUT2D eigenvalue weighted by molar-refractivity contribution is 5.72. The molecule has 18 heavy (non-hydrogen) atoms. The second kappa shape index (κ2) is 5.96. The number of nitrogens with zero attached hydrogens (tertiary/aromatic N) is 1. The molecule has 1 saturated heterocycles. The summed E-state index contributed by atoms with van der Waals surface area (Å²) >= 11 is 0. The van der Waals surface area contributed by atoms with Gasteiger partial charge in [-0.2, -0.15) is 0 Å². The molecule has 0 bridgehead atoms. The Morgan fingerprint density at radius 2 is 2.17 bits per heavy atom. The molecule has 0 radical (unpaired) electrons. The zero-order valence-corrected chi connectivity index (χ0v) is 10.6. The third-order valence-electron chi connectivity index (χ3n) is 3.36. The van der Waals surface area contributed by atoms with Crippen LogP contribution in [0.1, 0.15) is 18.4 Å². The van der Waals surface area contributed by atoms with Crippen LogP contribution in [0.2, 0.25) is 0 Å². The van der Waals surface area contributed by atoms with E-state index in [0.29, 0.717) is 0 Å². The maximum Gasteiger partial charge on any atom is 0.309 e. The lowest BCUT2D eigenvalue weighted by atomic mass is 9.98. The minimum absolute atomic E-state index is 0.0239. The molecule has 2 rings (SSSR count). The number of piperidine rings is 1. The number of halogens is 1. The van der Waals surface area contributed by atoms with Crippen LogP contribution in [0.3, 0.4) is 0 Å². The molecule has 98 valence electrons. The van der Waals surface area contributed by atoms with Crippen LogP contribution in [-0.4, -0.2) is 31.1 Å². The average Bonchev–Trinajstić information content (AvgIpc) is 2.41. The van der Waals surface area contributed by atoms with Crippen molar-refractivity contribution in [2.75, 3.05) is 20.2 Å². The van der Waals surface area contributed by atoms with E-state index in [0.717, 1.165) is 38.0 Å². The van der Waals surface area contributed by atoms with Gasteiger partial charge in [0.25, 0.3) is 0 Å². The largest absolute Gasteiger partial charge is 0.469 e. The molecule has 1 aliphatic rings. The Hall–Kier alpha value is -1.42. The zero-order chi connectivity index (χ0) is 13.0. The van der Waals surface area contributed by atoms with Crippen molar-refractivity contribution in [3.05, 3.63) is 35.6 Å². The molecule has 1 aromatic carbocycles. The molecule has 1 aromatic rings. The van der Waals surface area contributed by atoms with Gasteiger partial charge in [-0.3, -0.25) is 9.69 Å². The number of likely N-dealkylation sites (tertiary alicyclic amines) is 1. The highest BCUT2D eigenvalue weighted by Gasteiger charge is 2.26. The number of rotatable bonds is 3. The Morgan fingerprint density at radius 1 is 1.44 bits per heavy atom. The van der Waals surface area contributed by atoms with Gasteiger partial charge in [0.05, 0.1) is 13.0 Å². The number of esters is 1. The van der Waals surface area contributed by atoms with E-state index in [9.17, 15) is 9.18 Å². The first-order valence-electron chi connectivity index (χ1n) is 6.23. The second-order valence-corrected chi connectivity index (χ2v) is 4.72. The van der Waals surface area contributed by atoms with Gasteiger partial charge in [-0.25, -0.2) is 4.39 Å². The van der Waals surface area contributed by atoms with Crippen LogP contribution in [0.15, 0.2) is 24.3 Å². The average molecular weight is 251 g/mol. The Morgan fingerprint density at radius 3 is 2.83 bits per heavy atom. The standard InChI is InChI=1S/C14H18FNO2/c1-18-14(17)12-3-2-8-16(10-12)9-11-4-6-13(15)7-5-11/h4-7,12H,2-3,8-10H2,1H3. The molecule has 0 spiro atoms. The molecule has 1 heterocycles. The quantitative estimate of drug-likeness (QED) is 0.771. The highest BCUT2D eigenvalue weighted by Crippen LogP contribution is 2.19. The normalized spacial score (nSPS) is 20.7. The number of hydrogen-bond donors (Lipinski definition) is 0. The molecule has 4 heteroatoms. The van der Waals surface area contributed by atoms with Gasteiger partial charge in [0, 0.05) is 13.1 Å². The van der Waals surface area contributed by atoms with Crippen LogP contribution in [0.25, 0.3) is 0 Å². The van der Waals surface area contributed by atoms with Crippen LogP contribution in [0.5, 0.6) is 0 Å². The van der Waals surface area contributed by atoms with Crippen molar-refractivity contribution in [3.63, 3.8) is 0 Å². The van der Waals surface area contributed by atoms with Crippen molar-refractivity contribution >= 4 is 5.97 Å². The Labute approximate surface area is 107 Å². The summed E-state index contributed by atoms with van der Waals surface area (Å²) in [6.07, 6.45) is 1.90. The third-order valence-corrected chi connectivity index (χ3v) is 3.36. The van der Waals surface area contributed by atoms with Gasteiger partial charge in [0.2, 0.25) is 0 Å². The SMILES string of the molecule is COC(=O)C1CCCN(Cc2ccc(F)cc2)C1. The van der Waals surface area contributed by atoms with Crippen LogP contribution in [-0.2, 0) is 16.1 Å². The first kappa shape index (κ1) is 13.0. The Bertz CT molecular complexity index is 405. The van der Waals surface area contributed by atoms with Crippen molar-refractivity contribution in [3.8, 4) is 0 Å². The molecule has 0 aliphatic carbocycles. The van der Waals surface area contributed by atoms with Gasteiger partial charge in [-0.15, -0.1) is 0 Å². The molecule has 1 fully saturated rings. The lowest BCUT2D eigenvalue weighted by Crippen LogP contribution is -2.38. The van der Waals surface area contributed by atoms with Crippen molar-refractivity contribution in [1.29, 1.82) is 0 Å². The smallest absolute Gasteiger partial charge is 0.309 e. The van der Waals surface area contributed by atoms with Crippen molar-refractivity contribution < 1.29 is 13.9 Å². The predicted octanol–water partition coefficient (Wildman–Crippen LogP) is 2.21. The van der Waals surface area contributed by atoms with E-state index in [4.69, 9.17) is 4.74 Å². The van der Waals surface area contributed by atoms with E-state index in [1.807, 2.05) is 0 Å². The number of carbonyl (C=O) groups excluding carboxylic acids is 1. The Kier molecular flexibility index (Phi) is 4.31. The fourth-order valence-corrected chi connectivity index (χ4v) is 2.41. The zero-order valence-electron chi connectivity index (χ0n) is 10.6. The van der Waals surface area contributed by atoms with E-state index in [2.05, 4.69) is 4.90 Å². The van der Waals surface area contributed by atoms with E-state index in [1.54, 1.807) is 12.1 Å². The number of benzene rings is 1. The lowest BCUT2D eigenvalue weighted by molar-refractivity contribution is -0.147. The van der Waals surface area contributed by atoms with E-state index >= 15 is 0 Å². The van der Waals surface area contributed by atoms with Crippen LogP contribution in [0.4, 0.5) is 4.39 Å². The fraction of sp³-hybridized carbons (Fsp3) is 0.500. The molecule has 1 unspecified atom stereocenters. The van der Waals surface area contributed by atoms with E-state index in [1.165, 1.54) is 19.2 Å². The summed E-state index contributed by atoms with van der Waals surface area (Å²) in [5.41, 5.74) is 1.07. The van der Waals surface area contributed by atoms with Crippen molar-refractivity contribution in [2.24, 2.45) is 5.92 Å². The molecular weight excluding hydrogens is 233 g/mol. The molecule has 0 N–H and O–H groups in total. The molecular formula is C14H18FNO2. The number of carbonyl (C=O) groups is 1. The fourth-order valence-electron chi connectivity index (χ4n) is 2.41. The van der Waals surface area contributed by atoms with E-state index < -0.39 is 0 Å². The third kappa shape index (κ3) is 3.29. The van der Waals surface area contributed by atoms with E-state index in [-0.39, 0.29) is 17.7 Å². The molecule has 1 aliphatic heterocycles. The maximum absolute atomic E-state index is 12.8. The van der Waals surface area contributed by atoms with Crippen molar-refractivity contribution in [1.82, 2.24) is 4.90 Å². The second-order valence-electron chi connectivity index (χ2n) is 4.72. The molecule has 3 nitrogen and oxygen atoms in total. The van der Waals surface area contributed by atoms with Crippen LogP contribution in [0, 0.1) is 11.7 Å². The summed E-state index contributed by atoms with van der Waals surface area (Å²) in [6.45, 7) is 2.46. The van der Waals surface area contributed by atoms with Gasteiger partial charge in [-0.05, 0) is 37.1 Å². The van der Waals surface area contributed by atoms with Crippen LogP contribution < -0.4 is 0 Å². The molecule has 0 saturated carbocycles. The molecule has 0 amide bonds. The van der Waals surface area contributed by atoms with Gasteiger partial charge < -0.3 is 4.74 Å². The summed E-state index contributed by atoms with van der Waals surface area (Å²) in [4.78, 5) is 13.7. The topological polar surface area (TPSA) is 29.5 Å². The van der Waals surface area contributed by atoms with Gasteiger partial charge in [0.1, 0.15) is 5.82 Å². The predicted molar refractivity (Wildman–Crippen MR) is 66.4 cm³/mol. The van der Waals surface area contributed by atoms with Crippen LogP contribution >= 0.6 is 0 Å². The summed E-state index contributed by atoms with van der Waals surface area (Å²) in [7, 11) is 1.43. The first-order valence-corrected chi connectivity index (χ1v) is 6.23.